The van der Waals surface area contributed by atoms with Gasteiger partial charge in [-0.05, 0) is 62.4 Å². The Balaban J connectivity index is 1.61. The number of benzene rings is 2. The van der Waals surface area contributed by atoms with Crippen molar-refractivity contribution >= 4 is 40.5 Å². The molecule has 1 amide bonds. The first-order chi connectivity index (χ1) is 12.9. The molecule has 0 saturated heterocycles. The van der Waals surface area contributed by atoms with Crippen LogP contribution < -0.4 is 5.32 Å². The van der Waals surface area contributed by atoms with Gasteiger partial charge in [0.15, 0.2) is 10.1 Å². The Morgan fingerprint density at radius 1 is 1.11 bits per heavy atom. The van der Waals surface area contributed by atoms with E-state index in [9.17, 15) is 14.0 Å². The Morgan fingerprint density at radius 3 is 2.41 bits per heavy atom. The second-order valence-electron chi connectivity index (χ2n) is 5.89. The minimum atomic E-state index is -0.343. The van der Waals surface area contributed by atoms with Crippen LogP contribution >= 0.6 is 23.1 Å². The number of Topliss-reactive ketones (excluding diaryl/α,β-unsaturated/α-hetero) is 1. The highest BCUT2D eigenvalue weighted by atomic mass is 32.2. The van der Waals surface area contributed by atoms with Crippen molar-refractivity contribution in [1.82, 2.24) is 4.98 Å². The van der Waals surface area contributed by atoms with Gasteiger partial charge in [0.2, 0.25) is 5.91 Å². The van der Waals surface area contributed by atoms with Crippen LogP contribution in [-0.4, -0.2) is 21.9 Å². The molecule has 1 heterocycles. The van der Waals surface area contributed by atoms with Crippen molar-refractivity contribution in [3.8, 4) is 11.3 Å². The van der Waals surface area contributed by atoms with E-state index in [1.165, 1.54) is 42.2 Å². The molecule has 1 N–H and O–H groups in total. The molecule has 0 fully saturated rings. The van der Waals surface area contributed by atoms with Gasteiger partial charge >= 0.3 is 0 Å². The van der Waals surface area contributed by atoms with Gasteiger partial charge in [0, 0.05) is 22.2 Å². The highest BCUT2D eigenvalue weighted by molar-refractivity contribution is 8.02. The van der Waals surface area contributed by atoms with Crippen LogP contribution in [0.2, 0.25) is 0 Å². The van der Waals surface area contributed by atoms with E-state index >= 15 is 0 Å². The third-order valence-electron chi connectivity index (χ3n) is 3.83. The molecule has 1 atom stereocenters. The first kappa shape index (κ1) is 19.3. The number of anilines is 1. The SMILES string of the molecule is CC(=O)c1ccc(NC(=O)C(C)Sc2nc(-c3ccc(F)cc3)cs2)cc1. The lowest BCUT2D eigenvalue weighted by Crippen LogP contribution is -2.22. The van der Waals surface area contributed by atoms with Crippen LogP contribution in [0.3, 0.4) is 0 Å². The smallest absolute Gasteiger partial charge is 0.237 e. The van der Waals surface area contributed by atoms with Crippen LogP contribution in [0.15, 0.2) is 58.3 Å². The summed E-state index contributed by atoms with van der Waals surface area (Å²) in [5, 5.41) is 4.38. The van der Waals surface area contributed by atoms with Crippen LogP contribution in [0.25, 0.3) is 11.3 Å². The van der Waals surface area contributed by atoms with Gasteiger partial charge in [-0.1, -0.05) is 11.8 Å². The fourth-order valence-corrected chi connectivity index (χ4v) is 4.27. The van der Waals surface area contributed by atoms with Crippen molar-refractivity contribution in [2.45, 2.75) is 23.4 Å². The summed E-state index contributed by atoms with van der Waals surface area (Å²) in [6.45, 7) is 3.31. The van der Waals surface area contributed by atoms with Gasteiger partial charge in [-0.3, -0.25) is 9.59 Å². The van der Waals surface area contributed by atoms with Crippen LogP contribution in [0, 0.1) is 5.82 Å². The second kappa shape index (κ2) is 8.45. The molecule has 0 aliphatic heterocycles. The largest absolute Gasteiger partial charge is 0.325 e. The van der Waals surface area contributed by atoms with E-state index in [2.05, 4.69) is 10.3 Å². The van der Waals surface area contributed by atoms with Crippen molar-refractivity contribution in [2.24, 2.45) is 0 Å². The van der Waals surface area contributed by atoms with Crippen LogP contribution in [0.4, 0.5) is 10.1 Å². The third kappa shape index (κ3) is 5.02. The summed E-state index contributed by atoms with van der Waals surface area (Å²) < 4.78 is 13.8. The molecule has 0 aliphatic rings. The van der Waals surface area contributed by atoms with Crippen molar-refractivity contribution < 1.29 is 14.0 Å². The predicted octanol–water partition coefficient (Wildman–Crippen LogP) is 5.27. The number of amides is 1. The van der Waals surface area contributed by atoms with E-state index in [-0.39, 0.29) is 22.8 Å². The van der Waals surface area contributed by atoms with Crippen molar-refractivity contribution in [3.05, 3.63) is 65.3 Å². The van der Waals surface area contributed by atoms with Gasteiger partial charge in [-0.15, -0.1) is 11.3 Å². The summed E-state index contributed by atoms with van der Waals surface area (Å²) in [5.74, 6) is -0.447. The predicted molar refractivity (Wildman–Crippen MR) is 108 cm³/mol. The molecule has 4 nitrogen and oxygen atoms in total. The number of halogens is 1. The molecule has 1 aromatic heterocycles. The quantitative estimate of drug-likeness (QED) is 0.452. The first-order valence-electron chi connectivity index (χ1n) is 8.22. The summed E-state index contributed by atoms with van der Waals surface area (Å²) in [6.07, 6.45) is 0. The van der Waals surface area contributed by atoms with Crippen LogP contribution in [0.5, 0.6) is 0 Å². The van der Waals surface area contributed by atoms with Gasteiger partial charge in [-0.2, -0.15) is 0 Å². The molecule has 0 aliphatic carbocycles. The van der Waals surface area contributed by atoms with Crippen LogP contribution in [0.1, 0.15) is 24.2 Å². The zero-order valence-electron chi connectivity index (χ0n) is 14.7. The number of carbonyl (C=O) groups is 2. The average molecular weight is 400 g/mol. The molecular weight excluding hydrogens is 383 g/mol. The number of ketones is 1. The number of hydrogen-bond donors (Lipinski definition) is 1. The highest BCUT2D eigenvalue weighted by Gasteiger charge is 2.17. The molecule has 0 saturated carbocycles. The minimum absolute atomic E-state index is 0.0162. The Hall–Kier alpha value is -2.51. The summed E-state index contributed by atoms with van der Waals surface area (Å²) in [6, 6.07) is 12.9. The maximum Gasteiger partial charge on any atom is 0.237 e. The van der Waals surface area contributed by atoms with Gasteiger partial charge in [0.25, 0.3) is 0 Å². The topological polar surface area (TPSA) is 59.1 Å². The summed E-state index contributed by atoms with van der Waals surface area (Å²) in [4.78, 5) is 28.2. The van der Waals surface area contributed by atoms with Crippen LogP contribution in [-0.2, 0) is 4.79 Å². The number of carbonyl (C=O) groups excluding carboxylic acids is 2. The molecule has 7 heteroatoms. The second-order valence-corrected chi connectivity index (χ2v) is 8.33. The molecule has 27 heavy (non-hydrogen) atoms. The van der Waals surface area contributed by atoms with Crippen molar-refractivity contribution in [3.63, 3.8) is 0 Å². The maximum atomic E-state index is 13.0. The lowest BCUT2D eigenvalue weighted by molar-refractivity contribution is -0.115. The monoisotopic (exact) mass is 400 g/mol. The molecule has 1 unspecified atom stereocenters. The molecule has 3 aromatic rings. The Bertz CT molecular complexity index is 953. The Kier molecular flexibility index (Phi) is 6.03. The van der Waals surface area contributed by atoms with Gasteiger partial charge < -0.3 is 5.32 Å². The van der Waals surface area contributed by atoms with E-state index in [0.717, 1.165) is 15.6 Å². The van der Waals surface area contributed by atoms with E-state index in [1.807, 2.05) is 12.3 Å². The van der Waals surface area contributed by atoms with E-state index in [1.54, 1.807) is 36.4 Å². The number of nitrogens with zero attached hydrogens (tertiary/aromatic N) is 1. The number of thiazole rings is 1. The van der Waals surface area contributed by atoms with Gasteiger partial charge in [0.1, 0.15) is 5.82 Å². The molecule has 138 valence electrons. The lowest BCUT2D eigenvalue weighted by Gasteiger charge is -2.10. The van der Waals surface area contributed by atoms with Gasteiger partial charge in [0.05, 0.1) is 10.9 Å². The molecule has 2 aromatic carbocycles. The van der Waals surface area contributed by atoms with Crippen molar-refractivity contribution in [1.29, 1.82) is 0 Å². The standard InChI is InChI=1S/C20H17FN2O2S2/c1-12(24)14-5-9-17(10-6-14)22-19(25)13(2)27-20-23-18(11-26-20)15-3-7-16(21)8-4-15/h3-11,13H,1-2H3,(H,22,25). The van der Waals surface area contributed by atoms with Gasteiger partial charge in [-0.25, -0.2) is 9.37 Å². The van der Waals surface area contributed by atoms with Crippen molar-refractivity contribution in [2.75, 3.05) is 5.32 Å². The fraction of sp³-hybridized carbons (Fsp3) is 0.150. The minimum Gasteiger partial charge on any atom is -0.325 e. The zero-order chi connectivity index (χ0) is 19.4. The molecular formula is C20H17FN2O2S2. The normalized spacial score (nSPS) is 11.8. The number of thioether (sulfide) groups is 1. The summed E-state index contributed by atoms with van der Waals surface area (Å²) >= 11 is 2.81. The summed E-state index contributed by atoms with van der Waals surface area (Å²) in [5.41, 5.74) is 2.84. The molecule has 0 bridgehead atoms. The third-order valence-corrected chi connectivity index (χ3v) is 5.90. The molecule has 0 spiro atoms. The number of aromatic nitrogens is 1. The molecule has 3 rings (SSSR count). The fourth-order valence-electron chi connectivity index (χ4n) is 2.30. The highest BCUT2D eigenvalue weighted by Crippen LogP contribution is 2.31. The Labute approximate surface area is 164 Å². The van der Waals surface area contributed by atoms with E-state index in [4.69, 9.17) is 0 Å². The lowest BCUT2D eigenvalue weighted by atomic mass is 10.1. The van der Waals surface area contributed by atoms with E-state index in [0.29, 0.717) is 11.3 Å². The zero-order valence-corrected chi connectivity index (χ0v) is 16.4. The number of rotatable bonds is 6. The van der Waals surface area contributed by atoms with E-state index < -0.39 is 0 Å². The maximum absolute atomic E-state index is 13.0. The Morgan fingerprint density at radius 2 is 1.78 bits per heavy atom. The molecule has 0 radical (unpaired) electrons. The number of hydrogen-bond acceptors (Lipinski definition) is 5. The summed E-state index contributed by atoms with van der Waals surface area (Å²) in [7, 11) is 0. The first-order valence-corrected chi connectivity index (χ1v) is 9.98. The number of nitrogens with one attached hydrogen (secondary N) is 1. The average Bonchev–Trinajstić information content (AvgIpc) is 3.11.